The summed E-state index contributed by atoms with van der Waals surface area (Å²) in [5, 5.41) is 7.10. The summed E-state index contributed by atoms with van der Waals surface area (Å²) in [6, 6.07) is 0.107. The van der Waals surface area contributed by atoms with E-state index in [1.54, 1.807) is 29.7 Å². The van der Waals surface area contributed by atoms with Crippen molar-refractivity contribution in [1.82, 2.24) is 19.4 Å². The Labute approximate surface area is 118 Å². The van der Waals surface area contributed by atoms with Crippen LogP contribution in [0.3, 0.4) is 0 Å². The third-order valence-electron chi connectivity index (χ3n) is 3.30. The molecule has 2 rings (SSSR count). The molecule has 0 amide bonds. The van der Waals surface area contributed by atoms with Crippen molar-refractivity contribution >= 4 is 21.8 Å². The molecule has 8 heteroatoms. The largest absolute Gasteiger partial charge is 0.318 e. The third kappa shape index (κ3) is 3.31. The van der Waals surface area contributed by atoms with Gasteiger partial charge in [-0.25, -0.2) is 8.42 Å². The first-order valence-corrected chi connectivity index (χ1v) is 8.88. The second-order valence-corrected chi connectivity index (χ2v) is 7.73. The summed E-state index contributed by atoms with van der Waals surface area (Å²) in [7, 11) is 0.107. The summed E-state index contributed by atoms with van der Waals surface area (Å²) in [5.41, 5.74) is 0. The van der Waals surface area contributed by atoms with Crippen molar-refractivity contribution in [3.8, 4) is 0 Å². The van der Waals surface area contributed by atoms with Crippen molar-refractivity contribution in [2.45, 2.75) is 23.9 Å². The van der Waals surface area contributed by atoms with E-state index in [0.717, 1.165) is 24.5 Å². The molecule has 0 radical (unpaired) electrons. The minimum atomic E-state index is -3.41. The molecule has 108 valence electrons. The average Bonchev–Trinajstić information content (AvgIpc) is 3.06. The SMILES string of the molecule is CNCCn1cc(S(=O)(=O)N(C)C2CCSC2)cn1. The lowest BCUT2D eigenvalue weighted by Crippen LogP contribution is -2.36. The normalized spacial score (nSPS) is 20.3. The van der Waals surface area contributed by atoms with Gasteiger partial charge in [0.2, 0.25) is 10.0 Å². The lowest BCUT2D eigenvalue weighted by molar-refractivity contribution is 0.394. The van der Waals surface area contributed by atoms with Crippen LogP contribution in [-0.4, -0.2) is 60.7 Å². The minimum Gasteiger partial charge on any atom is -0.318 e. The zero-order chi connectivity index (χ0) is 13.9. The first-order chi connectivity index (χ1) is 9.05. The lowest BCUT2D eigenvalue weighted by Gasteiger charge is -2.22. The summed E-state index contributed by atoms with van der Waals surface area (Å²) in [6.07, 6.45) is 3.96. The molecule has 1 aromatic heterocycles. The molecule has 0 spiro atoms. The molecule has 1 fully saturated rings. The smallest absolute Gasteiger partial charge is 0.246 e. The summed E-state index contributed by atoms with van der Waals surface area (Å²) in [6.45, 7) is 1.42. The minimum absolute atomic E-state index is 0.107. The van der Waals surface area contributed by atoms with Gasteiger partial charge >= 0.3 is 0 Å². The number of nitrogens with one attached hydrogen (secondary N) is 1. The number of hydrogen-bond acceptors (Lipinski definition) is 5. The molecule has 1 aliphatic rings. The van der Waals surface area contributed by atoms with E-state index in [9.17, 15) is 8.42 Å². The molecule has 0 bridgehead atoms. The van der Waals surface area contributed by atoms with Crippen LogP contribution in [0.15, 0.2) is 17.3 Å². The summed E-state index contributed by atoms with van der Waals surface area (Å²) in [4.78, 5) is 0.281. The second kappa shape index (κ2) is 6.25. The van der Waals surface area contributed by atoms with Crippen LogP contribution in [0.25, 0.3) is 0 Å². The van der Waals surface area contributed by atoms with E-state index >= 15 is 0 Å². The van der Waals surface area contributed by atoms with Crippen molar-refractivity contribution in [2.24, 2.45) is 0 Å². The Balaban J connectivity index is 2.12. The van der Waals surface area contributed by atoms with Gasteiger partial charge in [-0.2, -0.15) is 21.2 Å². The van der Waals surface area contributed by atoms with Crippen LogP contribution >= 0.6 is 11.8 Å². The fraction of sp³-hybridized carbons (Fsp3) is 0.727. The van der Waals surface area contributed by atoms with Gasteiger partial charge in [-0.15, -0.1) is 0 Å². The molecule has 1 aliphatic heterocycles. The Morgan fingerprint density at radius 3 is 3.05 bits per heavy atom. The third-order valence-corrected chi connectivity index (χ3v) is 6.31. The molecule has 0 aromatic carbocycles. The first kappa shape index (κ1) is 14.8. The topological polar surface area (TPSA) is 67.2 Å². The first-order valence-electron chi connectivity index (χ1n) is 6.28. The van der Waals surface area contributed by atoms with E-state index in [1.165, 1.54) is 10.5 Å². The Morgan fingerprint density at radius 2 is 2.42 bits per heavy atom. The number of rotatable bonds is 6. The maximum Gasteiger partial charge on any atom is 0.246 e. The Morgan fingerprint density at radius 1 is 1.63 bits per heavy atom. The fourth-order valence-corrected chi connectivity index (χ4v) is 4.70. The molecule has 0 saturated carbocycles. The van der Waals surface area contributed by atoms with E-state index in [2.05, 4.69) is 10.4 Å². The van der Waals surface area contributed by atoms with E-state index in [1.807, 2.05) is 7.05 Å². The molecular formula is C11H20N4O2S2. The standard InChI is InChI=1S/C11H20N4O2S2/c1-12-4-5-15-8-11(7-13-15)19(16,17)14(2)10-3-6-18-9-10/h7-8,10,12H,3-6,9H2,1-2H3. The molecule has 1 atom stereocenters. The van der Waals surface area contributed by atoms with Crippen LogP contribution in [0.4, 0.5) is 0 Å². The van der Waals surface area contributed by atoms with Crippen LogP contribution in [0.1, 0.15) is 6.42 Å². The van der Waals surface area contributed by atoms with Gasteiger partial charge in [0.25, 0.3) is 0 Å². The molecule has 1 saturated heterocycles. The number of aromatic nitrogens is 2. The fourth-order valence-electron chi connectivity index (χ4n) is 2.00. The highest BCUT2D eigenvalue weighted by molar-refractivity contribution is 7.99. The van der Waals surface area contributed by atoms with Crippen molar-refractivity contribution in [3.63, 3.8) is 0 Å². The predicted molar refractivity (Wildman–Crippen MR) is 76.8 cm³/mol. The highest BCUT2D eigenvalue weighted by Gasteiger charge is 2.31. The lowest BCUT2D eigenvalue weighted by atomic mass is 10.3. The summed E-state index contributed by atoms with van der Waals surface area (Å²) < 4.78 is 28.1. The van der Waals surface area contributed by atoms with E-state index in [4.69, 9.17) is 0 Å². The Hall–Kier alpha value is -0.570. The molecule has 2 heterocycles. The summed E-state index contributed by atoms with van der Waals surface area (Å²) >= 11 is 1.80. The van der Waals surface area contributed by atoms with Crippen molar-refractivity contribution in [1.29, 1.82) is 0 Å². The van der Waals surface area contributed by atoms with Gasteiger partial charge in [-0.1, -0.05) is 0 Å². The van der Waals surface area contributed by atoms with Crippen LogP contribution < -0.4 is 5.32 Å². The van der Waals surface area contributed by atoms with Gasteiger partial charge in [0, 0.05) is 31.6 Å². The quantitative estimate of drug-likeness (QED) is 0.815. The van der Waals surface area contributed by atoms with E-state index in [0.29, 0.717) is 6.54 Å². The molecule has 1 N–H and O–H groups in total. The number of nitrogens with zero attached hydrogens (tertiary/aromatic N) is 3. The maximum absolute atomic E-state index is 12.5. The van der Waals surface area contributed by atoms with Crippen LogP contribution in [0, 0.1) is 0 Å². The van der Waals surface area contributed by atoms with E-state index in [-0.39, 0.29) is 10.9 Å². The van der Waals surface area contributed by atoms with Gasteiger partial charge in [-0.3, -0.25) is 4.68 Å². The Kier molecular flexibility index (Phi) is 4.88. The van der Waals surface area contributed by atoms with Crippen LogP contribution in [0.5, 0.6) is 0 Å². The molecule has 0 aliphatic carbocycles. The van der Waals surface area contributed by atoms with Gasteiger partial charge in [0.05, 0.1) is 12.7 Å². The molecule has 1 aromatic rings. The number of likely N-dealkylation sites (N-methyl/N-ethyl adjacent to an activating group) is 1. The predicted octanol–water partition coefficient (Wildman–Crippen LogP) is 0.229. The van der Waals surface area contributed by atoms with Crippen molar-refractivity contribution < 1.29 is 8.42 Å². The van der Waals surface area contributed by atoms with E-state index < -0.39 is 10.0 Å². The molecule has 19 heavy (non-hydrogen) atoms. The van der Waals surface area contributed by atoms with Gasteiger partial charge in [-0.05, 0) is 19.2 Å². The summed E-state index contributed by atoms with van der Waals surface area (Å²) in [5.74, 6) is 1.91. The monoisotopic (exact) mass is 304 g/mol. The number of thioether (sulfide) groups is 1. The molecular weight excluding hydrogens is 284 g/mol. The van der Waals surface area contributed by atoms with Gasteiger partial charge in [0.15, 0.2) is 0 Å². The van der Waals surface area contributed by atoms with Crippen molar-refractivity contribution in [2.75, 3.05) is 32.1 Å². The van der Waals surface area contributed by atoms with Crippen LogP contribution in [-0.2, 0) is 16.6 Å². The Bertz CT molecular complexity index is 509. The highest BCUT2D eigenvalue weighted by atomic mass is 32.2. The van der Waals surface area contributed by atoms with Crippen LogP contribution in [0.2, 0.25) is 0 Å². The number of sulfonamides is 1. The van der Waals surface area contributed by atoms with Gasteiger partial charge in [0.1, 0.15) is 4.90 Å². The highest BCUT2D eigenvalue weighted by Crippen LogP contribution is 2.25. The zero-order valence-electron chi connectivity index (χ0n) is 11.2. The second-order valence-electron chi connectivity index (χ2n) is 4.58. The van der Waals surface area contributed by atoms with Gasteiger partial charge < -0.3 is 5.32 Å². The average molecular weight is 304 g/mol. The zero-order valence-corrected chi connectivity index (χ0v) is 12.9. The molecule has 6 nitrogen and oxygen atoms in total. The molecule has 1 unspecified atom stereocenters. The maximum atomic E-state index is 12.5. The van der Waals surface area contributed by atoms with Crippen molar-refractivity contribution in [3.05, 3.63) is 12.4 Å². The number of hydrogen-bond donors (Lipinski definition) is 1.